The monoisotopic (exact) mass is 535 g/mol. The molecule has 2 aliphatic heterocycles. The highest BCUT2D eigenvalue weighted by Gasteiger charge is 2.26. The van der Waals surface area contributed by atoms with Gasteiger partial charge in [0.05, 0.1) is 12.8 Å². The lowest BCUT2D eigenvalue weighted by atomic mass is 10.0. The first-order valence-electron chi connectivity index (χ1n) is 12.6. The van der Waals surface area contributed by atoms with Crippen LogP contribution >= 0.6 is 11.8 Å². The van der Waals surface area contributed by atoms with E-state index in [2.05, 4.69) is 49.6 Å². The van der Waals surface area contributed by atoms with Crippen molar-refractivity contribution in [2.45, 2.75) is 32.5 Å². The second kappa shape index (κ2) is 11.9. The van der Waals surface area contributed by atoms with Crippen LogP contribution in [-0.4, -0.2) is 58.2 Å². The van der Waals surface area contributed by atoms with Crippen molar-refractivity contribution in [1.29, 1.82) is 0 Å². The fourth-order valence-corrected chi connectivity index (χ4v) is 5.46. The third kappa shape index (κ3) is 6.31. The summed E-state index contributed by atoms with van der Waals surface area (Å²) in [5.41, 5.74) is 4.52. The number of hydrogen-bond acceptors (Lipinski definition) is 8. The zero-order valence-electron chi connectivity index (χ0n) is 21.4. The highest BCUT2D eigenvalue weighted by atomic mass is 32.2. The summed E-state index contributed by atoms with van der Waals surface area (Å²) in [5.74, 6) is 2.17. The SMILES string of the molecule is COc1cc(CNC(=O)c2cc(C3=NOC(c4ccc(CN5CCSCC5)cc4)C3)nc(C)n2)ccc1F. The van der Waals surface area contributed by atoms with Crippen molar-refractivity contribution >= 4 is 23.4 Å². The van der Waals surface area contributed by atoms with E-state index in [1.54, 1.807) is 25.1 Å². The molecule has 5 rings (SSSR count). The van der Waals surface area contributed by atoms with Crippen LogP contribution in [0.4, 0.5) is 4.39 Å². The van der Waals surface area contributed by atoms with Gasteiger partial charge >= 0.3 is 0 Å². The first-order chi connectivity index (χ1) is 18.5. The summed E-state index contributed by atoms with van der Waals surface area (Å²) in [6, 6.07) is 14.6. The number of oxime groups is 1. The van der Waals surface area contributed by atoms with Crippen LogP contribution in [0.1, 0.15) is 51.2 Å². The van der Waals surface area contributed by atoms with Gasteiger partial charge in [0, 0.05) is 44.1 Å². The zero-order chi connectivity index (χ0) is 26.5. The number of carbonyl (C=O) groups excluding carboxylic acids is 1. The van der Waals surface area contributed by atoms with Crippen LogP contribution in [0, 0.1) is 12.7 Å². The van der Waals surface area contributed by atoms with E-state index in [0.717, 1.165) is 25.2 Å². The van der Waals surface area contributed by atoms with E-state index in [4.69, 9.17) is 9.57 Å². The number of methoxy groups -OCH3 is 1. The molecular formula is C28H30FN5O3S. The van der Waals surface area contributed by atoms with Crippen LogP contribution in [-0.2, 0) is 17.9 Å². The summed E-state index contributed by atoms with van der Waals surface area (Å²) in [4.78, 5) is 29.8. The molecule has 1 fully saturated rings. The summed E-state index contributed by atoms with van der Waals surface area (Å²) in [6.07, 6.45) is 0.349. The number of nitrogens with zero attached hydrogens (tertiary/aromatic N) is 4. The van der Waals surface area contributed by atoms with Crippen molar-refractivity contribution in [3.8, 4) is 5.75 Å². The Morgan fingerprint density at radius 2 is 1.89 bits per heavy atom. The van der Waals surface area contributed by atoms with Crippen molar-refractivity contribution < 1.29 is 18.8 Å². The first-order valence-corrected chi connectivity index (χ1v) is 13.7. The number of aromatic nitrogens is 2. The largest absolute Gasteiger partial charge is 0.494 e. The minimum Gasteiger partial charge on any atom is -0.494 e. The van der Waals surface area contributed by atoms with Crippen LogP contribution in [0.2, 0.25) is 0 Å². The number of halogens is 1. The zero-order valence-corrected chi connectivity index (χ0v) is 22.3. The van der Waals surface area contributed by atoms with Crippen molar-refractivity contribution in [3.05, 3.63) is 88.3 Å². The summed E-state index contributed by atoms with van der Waals surface area (Å²) in [5, 5.41) is 7.09. The smallest absolute Gasteiger partial charge is 0.270 e. The lowest BCUT2D eigenvalue weighted by Crippen LogP contribution is -2.31. The van der Waals surface area contributed by atoms with Crippen LogP contribution in [0.15, 0.2) is 53.7 Å². The van der Waals surface area contributed by atoms with E-state index < -0.39 is 5.82 Å². The molecule has 2 aliphatic rings. The highest BCUT2D eigenvalue weighted by Crippen LogP contribution is 2.30. The fourth-order valence-electron chi connectivity index (χ4n) is 4.48. The third-order valence-corrected chi connectivity index (χ3v) is 7.51. The summed E-state index contributed by atoms with van der Waals surface area (Å²) < 4.78 is 18.7. The topological polar surface area (TPSA) is 88.9 Å². The van der Waals surface area contributed by atoms with Gasteiger partial charge in [0.2, 0.25) is 0 Å². The Hall–Kier alpha value is -3.50. The first kappa shape index (κ1) is 26.1. The molecule has 0 aliphatic carbocycles. The van der Waals surface area contributed by atoms with E-state index in [1.165, 1.54) is 30.2 Å². The molecular weight excluding hydrogens is 505 g/mol. The van der Waals surface area contributed by atoms with E-state index in [0.29, 0.717) is 29.2 Å². The molecule has 8 nitrogen and oxygen atoms in total. The molecule has 1 aromatic heterocycles. The second-order valence-electron chi connectivity index (χ2n) is 9.30. The maximum absolute atomic E-state index is 13.7. The maximum Gasteiger partial charge on any atom is 0.270 e. The molecule has 3 heterocycles. The van der Waals surface area contributed by atoms with Crippen molar-refractivity contribution in [2.24, 2.45) is 5.16 Å². The Bertz CT molecular complexity index is 1330. The van der Waals surface area contributed by atoms with E-state index in [1.807, 2.05) is 11.8 Å². The molecule has 1 unspecified atom stereocenters. The molecule has 1 N–H and O–H groups in total. The van der Waals surface area contributed by atoms with Gasteiger partial charge < -0.3 is 14.9 Å². The summed E-state index contributed by atoms with van der Waals surface area (Å²) in [7, 11) is 1.40. The number of nitrogens with one attached hydrogen (secondary N) is 1. The number of carbonyl (C=O) groups is 1. The molecule has 1 atom stereocenters. The van der Waals surface area contributed by atoms with Gasteiger partial charge in [-0.3, -0.25) is 9.69 Å². The van der Waals surface area contributed by atoms with Gasteiger partial charge in [-0.1, -0.05) is 35.5 Å². The van der Waals surface area contributed by atoms with Gasteiger partial charge in [-0.05, 0) is 41.8 Å². The molecule has 38 heavy (non-hydrogen) atoms. The van der Waals surface area contributed by atoms with Gasteiger partial charge in [0.1, 0.15) is 17.2 Å². The Balaban J connectivity index is 1.20. The fraction of sp³-hybridized carbons (Fsp3) is 0.357. The highest BCUT2D eigenvalue weighted by molar-refractivity contribution is 7.99. The number of ether oxygens (including phenoxy) is 1. The van der Waals surface area contributed by atoms with Crippen molar-refractivity contribution in [2.75, 3.05) is 31.7 Å². The normalized spacial score (nSPS) is 17.6. The average molecular weight is 536 g/mol. The molecule has 1 saturated heterocycles. The number of hydrogen-bond donors (Lipinski definition) is 1. The molecule has 3 aromatic rings. The number of thioether (sulfide) groups is 1. The van der Waals surface area contributed by atoms with E-state index in [-0.39, 0.29) is 30.0 Å². The summed E-state index contributed by atoms with van der Waals surface area (Å²) >= 11 is 2.02. The average Bonchev–Trinajstić information content (AvgIpc) is 3.44. The lowest BCUT2D eigenvalue weighted by Gasteiger charge is -2.26. The van der Waals surface area contributed by atoms with Gasteiger partial charge in [-0.25, -0.2) is 14.4 Å². The second-order valence-corrected chi connectivity index (χ2v) is 10.5. The van der Waals surface area contributed by atoms with Gasteiger partial charge in [-0.2, -0.15) is 11.8 Å². The standard InChI is InChI=1S/C28H30FN5O3S/c1-18-31-23(14-25(32-18)28(35)30-16-20-5-8-22(29)27(13-20)36-2)24-15-26(37-33-24)21-6-3-19(4-7-21)17-34-9-11-38-12-10-34/h3-8,13-14,26H,9-12,15-17H2,1-2H3,(H,30,35). The quantitative estimate of drug-likeness (QED) is 0.461. The van der Waals surface area contributed by atoms with Crippen LogP contribution < -0.4 is 10.1 Å². The van der Waals surface area contributed by atoms with E-state index >= 15 is 0 Å². The Morgan fingerprint density at radius 3 is 2.66 bits per heavy atom. The lowest BCUT2D eigenvalue weighted by molar-refractivity contribution is 0.0857. The molecule has 198 valence electrons. The number of rotatable bonds is 8. The van der Waals surface area contributed by atoms with Crippen LogP contribution in [0.5, 0.6) is 5.75 Å². The molecule has 2 aromatic carbocycles. The van der Waals surface area contributed by atoms with Crippen molar-refractivity contribution in [1.82, 2.24) is 20.2 Å². The van der Waals surface area contributed by atoms with Crippen LogP contribution in [0.3, 0.4) is 0 Å². The molecule has 0 saturated carbocycles. The third-order valence-electron chi connectivity index (χ3n) is 6.57. The molecule has 0 radical (unpaired) electrons. The number of aryl methyl sites for hydroxylation is 1. The molecule has 0 bridgehead atoms. The maximum atomic E-state index is 13.7. The number of benzene rings is 2. The van der Waals surface area contributed by atoms with Crippen LogP contribution in [0.25, 0.3) is 0 Å². The van der Waals surface area contributed by atoms with Crippen molar-refractivity contribution in [3.63, 3.8) is 0 Å². The minimum atomic E-state index is -0.454. The Labute approximate surface area is 225 Å². The predicted octanol–water partition coefficient (Wildman–Crippen LogP) is 4.28. The Kier molecular flexibility index (Phi) is 8.19. The predicted molar refractivity (Wildman–Crippen MR) is 145 cm³/mol. The number of amides is 1. The molecule has 0 spiro atoms. The summed E-state index contributed by atoms with van der Waals surface area (Å²) in [6.45, 7) is 5.17. The van der Waals surface area contributed by atoms with Gasteiger partial charge in [0.25, 0.3) is 5.91 Å². The minimum absolute atomic E-state index is 0.126. The molecule has 1 amide bonds. The van der Waals surface area contributed by atoms with Gasteiger partial charge in [-0.15, -0.1) is 0 Å². The Morgan fingerprint density at radius 1 is 1.13 bits per heavy atom. The molecule has 10 heteroatoms. The van der Waals surface area contributed by atoms with E-state index in [9.17, 15) is 9.18 Å². The van der Waals surface area contributed by atoms with Gasteiger partial charge in [0.15, 0.2) is 17.7 Å².